The molecule has 0 aliphatic carbocycles. The highest BCUT2D eigenvalue weighted by Gasteiger charge is 2.32. The van der Waals surface area contributed by atoms with Crippen LogP contribution in [0.2, 0.25) is 0 Å². The molecule has 0 unspecified atom stereocenters. The first kappa shape index (κ1) is 13.4. The topological polar surface area (TPSA) is 37.3 Å². The largest absolute Gasteiger partial charge is 0.334 e. The van der Waals surface area contributed by atoms with Crippen molar-refractivity contribution in [2.24, 2.45) is 4.99 Å². The molecule has 0 radical (unpaired) electrons. The van der Waals surface area contributed by atoms with E-state index < -0.39 is 0 Å². The van der Waals surface area contributed by atoms with Crippen molar-refractivity contribution in [2.75, 3.05) is 11.1 Å². The Morgan fingerprint density at radius 3 is 2.80 bits per heavy atom. The van der Waals surface area contributed by atoms with Crippen LogP contribution in [0, 0.1) is 0 Å². The minimum atomic E-state index is 0.122. The number of nitrogens with zero attached hydrogens (tertiary/aromatic N) is 2. The summed E-state index contributed by atoms with van der Waals surface area (Å²) in [6.07, 6.45) is 4.07. The van der Waals surface area contributed by atoms with E-state index in [2.05, 4.69) is 36.3 Å². The van der Waals surface area contributed by atoms with E-state index in [1.165, 1.54) is 0 Å². The summed E-state index contributed by atoms with van der Waals surface area (Å²) in [6, 6.07) is 10.3. The molecule has 2 heterocycles. The molecule has 2 aromatic rings. The second kappa shape index (κ2) is 5.44. The van der Waals surface area contributed by atoms with E-state index in [0.717, 1.165) is 40.4 Å². The predicted molar refractivity (Wildman–Crippen MR) is 88.6 cm³/mol. The third kappa shape index (κ3) is 2.52. The van der Waals surface area contributed by atoms with E-state index in [9.17, 15) is 0 Å². The quantitative estimate of drug-likeness (QED) is 0.913. The number of benzene rings is 1. The van der Waals surface area contributed by atoms with Gasteiger partial charge in [-0.25, -0.2) is 0 Å². The van der Waals surface area contributed by atoms with Crippen LogP contribution in [-0.2, 0) is 0 Å². The molecule has 1 aliphatic rings. The van der Waals surface area contributed by atoms with Crippen molar-refractivity contribution in [1.82, 2.24) is 4.98 Å². The van der Waals surface area contributed by atoms with Gasteiger partial charge < -0.3 is 5.32 Å². The van der Waals surface area contributed by atoms with Crippen LogP contribution >= 0.6 is 11.8 Å². The molecule has 104 valence electrons. The number of amidine groups is 1. The van der Waals surface area contributed by atoms with E-state index in [1.54, 1.807) is 0 Å². The van der Waals surface area contributed by atoms with Crippen LogP contribution in [-0.4, -0.2) is 21.4 Å². The van der Waals surface area contributed by atoms with Gasteiger partial charge >= 0.3 is 0 Å². The van der Waals surface area contributed by atoms with Crippen LogP contribution in [0.25, 0.3) is 10.9 Å². The second-order valence-corrected chi connectivity index (χ2v) is 6.14. The van der Waals surface area contributed by atoms with Gasteiger partial charge in [0.05, 0.1) is 22.9 Å². The van der Waals surface area contributed by atoms with E-state index in [-0.39, 0.29) is 5.54 Å². The summed E-state index contributed by atoms with van der Waals surface area (Å²) in [7, 11) is 0. The molecule has 0 saturated carbocycles. The highest BCUT2D eigenvalue weighted by Crippen LogP contribution is 2.33. The molecule has 1 aromatic carbocycles. The van der Waals surface area contributed by atoms with Gasteiger partial charge in [0.15, 0.2) is 5.17 Å². The van der Waals surface area contributed by atoms with Crippen LogP contribution < -0.4 is 5.32 Å². The lowest BCUT2D eigenvalue weighted by Crippen LogP contribution is -2.24. The Balaban J connectivity index is 1.83. The zero-order valence-electron chi connectivity index (χ0n) is 11.9. The molecule has 0 spiro atoms. The second-order valence-electron chi connectivity index (χ2n) is 5.18. The van der Waals surface area contributed by atoms with Crippen molar-refractivity contribution in [3.05, 3.63) is 36.5 Å². The number of pyridine rings is 1. The third-order valence-corrected chi connectivity index (χ3v) is 5.12. The Labute approximate surface area is 123 Å². The highest BCUT2D eigenvalue weighted by molar-refractivity contribution is 8.14. The maximum Gasteiger partial charge on any atom is 0.161 e. The normalized spacial score (nSPS) is 17.2. The predicted octanol–water partition coefficient (Wildman–Crippen LogP) is 4.31. The Hall–Kier alpha value is -1.55. The lowest BCUT2D eigenvalue weighted by molar-refractivity contribution is 0.456. The minimum absolute atomic E-state index is 0.122. The van der Waals surface area contributed by atoms with Crippen LogP contribution in [0.15, 0.2) is 41.5 Å². The number of fused-ring (bicyclic) bond motifs is 1. The summed E-state index contributed by atoms with van der Waals surface area (Å²) in [5.74, 6) is 1.07. The van der Waals surface area contributed by atoms with Crippen molar-refractivity contribution in [3.63, 3.8) is 0 Å². The van der Waals surface area contributed by atoms with Crippen LogP contribution in [0.4, 0.5) is 5.69 Å². The van der Waals surface area contributed by atoms with Crippen molar-refractivity contribution in [1.29, 1.82) is 0 Å². The number of aliphatic imine (C=N–C) groups is 1. The fourth-order valence-electron chi connectivity index (χ4n) is 2.42. The van der Waals surface area contributed by atoms with E-state index in [0.29, 0.717) is 0 Å². The third-order valence-electron chi connectivity index (χ3n) is 3.97. The van der Waals surface area contributed by atoms with E-state index >= 15 is 0 Å². The van der Waals surface area contributed by atoms with Crippen molar-refractivity contribution < 1.29 is 0 Å². The molecule has 20 heavy (non-hydrogen) atoms. The summed E-state index contributed by atoms with van der Waals surface area (Å²) in [6.45, 7) is 4.43. The summed E-state index contributed by atoms with van der Waals surface area (Å²) in [4.78, 5) is 9.35. The Bertz CT molecular complexity index is 647. The van der Waals surface area contributed by atoms with E-state index in [1.807, 2.05) is 36.2 Å². The smallest absolute Gasteiger partial charge is 0.161 e. The summed E-state index contributed by atoms with van der Waals surface area (Å²) >= 11 is 1.81. The average Bonchev–Trinajstić information content (AvgIpc) is 2.91. The number of anilines is 1. The molecule has 3 nitrogen and oxygen atoms in total. The minimum Gasteiger partial charge on any atom is -0.334 e. The van der Waals surface area contributed by atoms with Gasteiger partial charge in [-0.3, -0.25) is 9.98 Å². The lowest BCUT2D eigenvalue weighted by atomic mass is 9.97. The van der Waals surface area contributed by atoms with Crippen LogP contribution in [0.1, 0.15) is 26.7 Å². The fraction of sp³-hybridized carbons (Fsp3) is 0.375. The number of aromatic nitrogens is 1. The number of rotatable bonds is 3. The van der Waals surface area contributed by atoms with Gasteiger partial charge in [0, 0.05) is 11.1 Å². The summed E-state index contributed by atoms with van der Waals surface area (Å²) in [5.41, 5.74) is 2.16. The molecule has 4 heteroatoms. The van der Waals surface area contributed by atoms with Crippen molar-refractivity contribution in [2.45, 2.75) is 32.2 Å². The molecule has 0 atom stereocenters. The Kier molecular flexibility index (Phi) is 3.66. The van der Waals surface area contributed by atoms with Gasteiger partial charge in [-0.2, -0.15) is 0 Å². The van der Waals surface area contributed by atoms with Gasteiger partial charge in [-0.1, -0.05) is 43.8 Å². The first-order valence-electron chi connectivity index (χ1n) is 7.09. The maximum atomic E-state index is 4.87. The zero-order valence-corrected chi connectivity index (χ0v) is 12.7. The Morgan fingerprint density at radius 1 is 1.25 bits per heavy atom. The summed E-state index contributed by atoms with van der Waals surface area (Å²) in [5, 5.41) is 5.58. The Morgan fingerprint density at radius 2 is 2.05 bits per heavy atom. The van der Waals surface area contributed by atoms with E-state index in [4.69, 9.17) is 4.99 Å². The molecule has 0 fully saturated rings. The molecule has 0 amide bonds. The van der Waals surface area contributed by atoms with Crippen LogP contribution in [0.3, 0.4) is 0 Å². The fourth-order valence-corrected chi connectivity index (χ4v) is 3.75. The molecule has 1 N–H and O–H groups in total. The maximum absolute atomic E-state index is 4.87. The van der Waals surface area contributed by atoms with Gasteiger partial charge in [-0.15, -0.1) is 0 Å². The number of nitrogens with one attached hydrogen (secondary N) is 1. The molecular formula is C16H19N3S. The molecular weight excluding hydrogens is 266 g/mol. The van der Waals surface area contributed by atoms with Crippen LogP contribution in [0.5, 0.6) is 0 Å². The SMILES string of the molecule is CCC1(CC)CSC(Nc2cnc3ccccc3c2)=N1. The monoisotopic (exact) mass is 285 g/mol. The van der Waals surface area contributed by atoms with Crippen molar-refractivity contribution >= 4 is 33.5 Å². The average molecular weight is 285 g/mol. The molecule has 1 aliphatic heterocycles. The summed E-state index contributed by atoms with van der Waals surface area (Å²) < 4.78 is 0. The standard InChI is InChI=1S/C16H19N3S/c1-3-16(4-2)11-20-15(19-16)18-13-9-12-7-5-6-8-14(12)17-10-13/h5-10H,3-4,11H2,1-2H3,(H,18,19). The number of hydrogen-bond acceptors (Lipinski definition) is 4. The molecule has 1 aromatic heterocycles. The number of thioether (sulfide) groups is 1. The first-order chi connectivity index (χ1) is 9.74. The number of para-hydroxylation sites is 1. The van der Waals surface area contributed by atoms with Gasteiger partial charge in [0.2, 0.25) is 0 Å². The molecule has 0 bridgehead atoms. The first-order valence-corrected chi connectivity index (χ1v) is 8.08. The number of hydrogen-bond donors (Lipinski definition) is 1. The molecule has 3 rings (SSSR count). The zero-order chi connectivity index (χ0) is 14.0. The van der Waals surface area contributed by atoms with Gasteiger partial charge in [-0.05, 0) is 25.0 Å². The van der Waals surface area contributed by atoms with Crippen molar-refractivity contribution in [3.8, 4) is 0 Å². The lowest BCUT2D eigenvalue weighted by Gasteiger charge is -2.20. The molecule has 0 saturated heterocycles. The van der Waals surface area contributed by atoms with Gasteiger partial charge in [0.1, 0.15) is 0 Å². The van der Waals surface area contributed by atoms with Gasteiger partial charge in [0.25, 0.3) is 0 Å². The highest BCUT2D eigenvalue weighted by atomic mass is 32.2.